The van der Waals surface area contributed by atoms with E-state index in [4.69, 9.17) is 0 Å². The standard InChI is InChI=1S/C12H19N5OS/c1-5-10-13-14-11-6-7-12(15-17(10)11)16(3)9(2)8-19(4)18/h6-7,9H,5,8H2,1-4H3/t9-,19-/m0/s1. The van der Waals surface area contributed by atoms with Crippen LogP contribution in [0.1, 0.15) is 19.7 Å². The molecule has 6 nitrogen and oxygen atoms in total. The van der Waals surface area contributed by atoms with Crippen LogP contribution in [0.15, 0.2) is 12.1 Å². The molecule has 0 aliphatic carbocycles. The number of hydrogen-bond donors (Lipinski definition) is 0. The van der Waals surface area contributed by atoms with Crippen molar-refractivity contribution in [3.63, 3.8) is 0 Å². The Morgan fingerprint density at radius 1 is 1.42 bits per heavy atom. The molecular formula is C12H19N5OS. The van der Waals surface area contributed by atoms with Gasteiger partial charge in [0.05, 0.1) is 0 Å². The van der Waals surface area contributed by atoms with E-state index in [0.717, 1.165) is 23.7 Å². The summed E-state index contributed by atoms with van der Waals surface area (Å²) in [5, 5.41) is 12.7. The number of anilines is 1. The lowest BCUT2D eigenvalue weighted by Crippen LogP contribution is -2.34. The summed E-state index contributed by atoms with van der Waals surface area (Å²) in [7, 11) is 1.14. The molecule has 0 aliphatic heterocycles. The van der Waals surface area contributed by atoms with Crippen LogP contribution in [0.25, 0.3) is 5.65 Å². The van der Waals surface area contributed by atoms with Crippen LogP contribution in [0.2, 0.25) is 0 Å². The summed E-state index contributed by atoms with van der Waals surface area (Å²) >= 11 is 0. The van der Waals surface area contributed by atoms with Crippen LogP contribution in [-0.4, -0.2) is 49.1 Å². The van der Waals surface area contributed by atoms with Gasteiger partial charge in [-0.3, -0.25) is 4.21 Å². The second-order valence-corrected chi connectivity index (χ2v) is 6.11. The van der Waals surface area contributed by atoms with E-state index in [1.807, 2.05) is 37.9 Å². The number of rotatable bonds is 5. The summed E-state index contributed by atoms with van der Waals surface area (Å²) in [4.78, 5) is 2.03. The Kier molecular flexibility index (Phi) is 4.14. The van der Waals surface area contributed by atoms with E-state index in [1.165, 1.54) is 0 Å². The molecule has 2 aromatic heterocycles. The van der Waals surface area contributed by atoms with Gasteiger partial charge in [-0.05, 0) is 19.1 Å². The average Bonchev–Trinajstić information content (AvgIpc) is 2.78. The number of aromatic nitrogens is 4. The van der Waals surface area contributed by atoms with Crippen LogP contribution in [0.5, 0.6) is 0 Å². The Bertz CT molecular complexity index is 597. The van der Waals surface area contributed by atoms with Crippen molar-refractivity contribution >= 4 is 22.3 Å². The first-order valence-corrected chi connectivity index (χ1v) is 7.99. The number of aryl methyl sites for hydroxylation is 1. The average molecular weight is 281 g/mol. The van der Waals surface area contributed by atoms with E-state index in [9.17, 15) is 4.21 Å². The summed E-state index contributed by atoms with van der Waals surface area (Å²) in [6.07, 6.45) is 2.51. The molecule has 19 heavy (non-hydrogen) atoms. The maximum absolute atomic E-state index is 11.3. The van der Waals surface area contributed by atoms with Gasteiger partial charge < -0.3 is 4.90 Å². The molecule has 0 saturated heterocycles. The molecule has 2 rings (SSSR count). The zero-order valence-corrected chi connectivity index (χ0v) is 12.5. The molecule has 2 heterocycles. The van der Waals surface area contributed by atoms with Crippen molar-refractivity contribution in [1.29, 1.82) is 0 Å². The molecule has 0 amide bonds. The largest absolute Gasteiger partial charge is 0.355 e. The fraction of sp³-hybridized carbons (Fsp3) is 0.583. The van der Waals surface area contributed by atoms with Crippen LogP contribution in [-0.2, 0) is 17.2 Å². The maximum atomic E-state index is 11.3. The van der Waals surface area contributed by atoms with Crippen molar-refractivity contribution < 1.29 is 4.21 Å². The van der Waals surface area contributed by atoms with Crippen molar-refractivity contribution in [3.8, 4) is 0 Å². The van der Waals surface area contributed by atoms with Gasteiger partial charge in [0, 0.05) is 42.3 Å². The highest BCUT2D eigenvalue weighted by atomic mass is 32.2. The van der Waals surface area contributed by atoms with Crippen molar-refractivity contribution in [1.82, 2.24) is 19.8 Å². The van der Waals surface area contributed by atoms with Crippen molar-refractivity contribution in [2.45, 2.75) is 26.3 Å². The second kappa shape index (κ2) is 5.64. The SMILES string of the molecule is CCc1nnc2ccc(N(C)[C@@H](C)C[S@](C)=O)nn12. The Morgan fingerprint density at radius 2 is 2.16 bits per heavy atom. The van der Waals surface area contributed by atoms with E-state index in [1.54, 1.807) is 10.8 Å². The fourth-order valence-corrected chi connectivity index (χ4v) is 2.81. The van der Waals surface area contributed by atoms with Crippen molar-refractivity contribution in [2.75, 3.05) is 24.0 Å². The van der Waals surface area contributed by atoms with Crippen molar-refractivity contribution in [2.24, 2.45) is 0 Å². The Balaban J connectivity index is 2.31. The topological polar surface area (TPSA) is 63.4 Å². The summed E-state index contributed by atoms with van der Waals surface area (Å²) in [6, 6.07) is 3.98. The van der Waals surface area contributed by atoms with E-state index in [2.05, 4.69) is 15.3 Å². The molecule has 0 N–H and O–H groups in total. The Hall–Kier alpha value is -1.50. The summed E-state index contributed by atoms with van der Waals surface area (Å²) in [6.45, 7) is 4.07. The lowest BCUT2D eigenvalue weighted by molar-refractivity contribution is 0.671. The number of fused-ring (bicyclic) bond motifs is 1. The van der Waals surface area contributed by atoms with E-state index < -0.39 is 10.8 Å². The quantitative estimate of drug-likeness (QED) is 0.814. The monoisotopic (exact) mass is 281 g/mol. The third kappa shape index (κ3) is 2.91. The molecule has 2 atom stereocenters. The molecule has 0 aliphatic rings. The normalized spacial score (nSPS) is 14.5. The molecule has 104 valence electrons. The van der Waals surface area contributed by atoms with Gasteiger partial charge >= 0.3 is 0 Å². The van der Waals surface area contributed by atoms with Gasteiger partial charge in [0.2, 0.25) is 0 Å². The summed E-state index contributed by atoms with van der Waals surface area (Å²) in [5.41, 5.74) is 0.751. The van der Waals surface area contributed by atoms with Crippen LogP contribution in [0, 0.1) is 0 Å². The third-order valence-electron chi connectivity index (χ3n) is 3.13. The first kappa shape index (κ1) is 13.9. The molecule has 0 radical (unpaired) electrons. The minimum Gasteiger partial charge on any atom is -0.355 e. The number of hydrogen-bond acceptors (Lipinski definition) is 5. The first-order chi connectivity index (χ1) is 9.02. The predicted octanol–water partition coefficient (Wildman–Crippen LogP) is 0.890. The first-order valence-electron chi connectivity index (χ1n) is 6.27. The summed E-state index contributed by atoms with van der Waals surface area (Å²) in [5.74, 6) is 2.30. The van der Waals surface area contributed by atoms with E-state index in [0.29, 0.717) is 5.75 Å². The molecule has 0 aromatic carbocycles. The van der Waals surface area contributed by atoms with Crippen LogP contribution in [0.4, 0.5) is 5.82 Å². The minimum absolute atomic E-state index is 0.164. The fourth-order valence-electron chi connectivity index (χ4n) is 1.91. The number of nitrogens with zero attached hydrogens (tertiary/aromatic N) is 5. The van der Waals surface area contributed by atoms with Gasteiger partial charge in [-0.1, -0.05) is 6.92 Å². The highest BCUT2D eigenvalue weighted by Crippen LogP contribution is 2.14. The lowest BCUT2D eigenvalue weighted by Gasteiger charge is -2.25. The maximum Gasteiger partial charge on any atom is 0.178 e. The van der Waals surface area contributed by atoms with Crippen LogP contribution >= 0.6 is 0 Å². The highest BCUT2D eigenvalue weighted by Gasteiger charge is 2.14. The molecule has 0 saturated carbocycles. The Labute approximate surface area is 115 Å². The van der Waals surface area contributed by atoms with Gasteiger partial charge in [0.25, 0.3) is 0 Å². The predicted molar refractivity (Wildman–Crippen MR) is 77.0 cm³/mol. The third-order valence-corrected chi connectivity index (χ3v) is 4.08. The minimum atomic E-state index is -0.816. The molecule has 0 spiro atoms. The molecule has 0 bridgehead atoms. The zero-order chi connectivity index (χ0) is 14.0. The van der Waals surface area contributed by atoms with Gasteiger partial charge in [0.1, 0.15) is 5.82 Å². The van der Waals surface area contributed by atoms with Gasteiger partial charge in [-0.15, -0.1) is 15.3 Å². The zero-order valence-electron chi connectivity index (χ0n) is 11.7. The highest BCUT2D eigenvalue weighted by molar-refractivity contribution is 7.84. The van der Waals surface area contributed by atoms with Crippen LogP contribution in [0.3, 0.4) is 0 Å². The molecule has 2 aromatic rings. The van der Waals surface area contributed by atoms with Crippen molar-refractivity contribution in [3.05, 3.63) is 18.0 Å². The summed E-state index contributed by atoms with van der Waals surface area (Å²) < 4.78 is 13.1. The van der Waals surface area contributed by atoms with Crippen LogP contribution < -0.4 is 4.90 Å². The molecule has 7 heteroatoms. The van der Waals surface area contributed by atoms with E-state index >= 15 is 0 Å². The van der Waals surface area contributed by atoms with Gasteiger partial charge in [0.15, 0.2) is 11.5 Å². The smallest absolute Gasteiger partial charge is 0.178 e. The second-order valence-electron chi connectivity index (χ2n) is 4.63. The Morgan fingerprint density at radius 3 is 2.79 bits per heavy atom. The van der Waals surface area contributed by atoms with E-state index in [-0.39, 0.29) is 6.04 Å². The lowest BCUT2D eigenvalue weighted by atomic mass is 10.3. The molecular weight excluding hydrogens is 262 g/mol. The van der Waals surface area contributed by atoms with Gasteiger partial charge in [-0.2, -0.15) is 4.52 Å². The van der Waals surface area contributed by atoms with Gasteiger partial charge in [-0.25, -0.2) is 0 Å². The molecule has 0 unspecified atom stereocenters. The molecule has 0 fully saturated rings.